The average molecular weight is 393 g/mol. The van der Waals surface area contributed by atoms with E-state index in [2.05, 4.69) is 15.6 Å². The molecule has 1 amide bonds. The quantitative estimate of drug-likeness (QED) is 0.596. The first-order valence-electron chi connectivity index (χ1n) is 7.58. The topological polar surface area (TPSA) is 51.0 Å². The maximum absolute atomic E-state index is 12.3. The van der Waals surface area contributed by atoms with E-state index < -0.39 is 0 Å². The summed E-state index contributed by atoms with van der Waals surface area (Å²) < 4.78 is 1.89. The fraction of sp³-hybridized carbons (Fsp3) is 0.235. The van der Waals surface area contributed by atoms with E-state index in [0.717, 1.165) is 17.0 Å². The third-order valence-electron chi connectivity index (χ3n) is 3.69. The second-order valence-electron chi connectivity index (χ2n) is 5.54. The minimum atomic E-state index is 0.0623. The van der Waals surface area contributed by atoms with Crippen LogP contribution in [0.3, 0.4) is 0 Å². The minimum absolute atomic E-state index is 0.0623. The molecule has 0 fully saturated rings. The monoisotopic (exact) mass is 392 g/mol. The lowest BCUT2D eigenvalue weighted by Gasteiger charge is -2.16. The average Bonchev–Trinajstić information content (AvgIpc) is 3.23. The first-order valence-corrected chi connectivity index (χ1v) is 9.88. The first kappa shape index (κ1) is 18.0. The summed E-state index contributed by atoms with van der Waals surface area (Å²) >= 11 is 8.94. The zero-order chi connectivity index (χ0) is 17.8. The summed E-state index contributed by atoms with van der Waals surface area (Å²) in [6.07, 6.45) is 0. The molecule has 0 saturated heterocycles. The normalized spacial score (nSPS) is 10.8. The van der Waals surface area contributed by atoms with Crippen LogP contribution in [0, 0.1) is 0 Å². The van der Waals surface area contributed by atoms with E-state index in [1.165, 1.54) is 11.8 Å². The molecule has 5 nitrogen and oxygen atoms in total. The molecule has 0 bridgehead atoms. The van der Waals surface area contributed by atoms with Crippen molar-refractivity contribution in [2.24, 2.45) is 7.05 Å². The number of nitrogens with zero attached hydrogens (tertiary/aromatic N) is 4. The molecule has 0 radical (unpaired) electrons. The smallest absolute Gasteiger partial charge is 0.233 e. The summed E-state index contributed by atoms with van der Waals surface area (Å²) in [5.74, 6) is 1.14. The zero-order valence-corrected chi connectivity index (χ0v) is 16.2. The molecule has 25 heavy (non-hydrogen) atoms. The molecule has 0 aliphatic carbocycles. The van der Waals surface area contributed by atoms with Gasteiger partial charge in [-0.2, -0.15) is 11.3 Å². The van der Waals surface area contributed by atoms with Gasteiger partial charge in [-0.15, -0.1) is 10.2 Å². The van der Waals surface area contributed by atoms with Crippen LogP contribution in [-0.2, 0) is 18.4 Å². The number of carbonyl (C=O) groups is 1. The predicted octanol–water partition coefficient (Wildman–Crippen LogP) is 3.95. The van der Waals surface area contributed by atoms with Gasteiger partial charge in [0.15, 0.2) is 11.0 Å². The highest BCUT2D eigenvalue weighted by atomic mass is 35.5. The second kappa shape index (κ2) is 8.03. The van der Waals surface area contributed by atoms with Crippen molar-refractivity contribution in [3.8, 4) is 11.4 Å². The molecule has 0 aliphatic rings. The Bertz CT molecular complexity index is 846. The molecule has 0 unspecified atom stereocenters. The fourth-order valence-electron chi connectivity index (χ4n) is 2.27. The van der Waals surface area contributed by atoms with Crippen LogP contribution in [0.2, 0.25) is 5.02 Å². The molecule has 0 saturated carbocycles. The number of hydrogen-bond acceptors (Lipinski definition) is 5. The lowest BCUT2D eigenvalue weighted by atomic mass is 10.2. The zero-order valence-electron chi connectivity index (χ0n) is 13.8. The van der Waals surface area contributed by atoms with Crippen LogP contribution in [-0.4, -0.2) is 38.4 Å². The summed E-state index contributed by atoms with van der Waals surface area (Å²) in [6.45, 7) is 0.623. The minimum Gasteiger partial charge on any atom is -0.341 e. The highest BCUT2D eigenvalue weighted by Gasteiger charge is 2.15. The number of amides is 1. The number of aromatic nitrogens is 3. The first-order chi connectivity index (χ1) is 12.0. The lowest BCUT2D eigenvalue weighted by Crippen LogP contribution is -2.27. The Morgan fingerprint density at radius 3 is 2.72 bits per heavy atom. The predicted molar refractivity (Wildman–Crippen MR) is 103 cm³/mol. The molecule has 0 N–H and O–H groups in total. The van der Waals surface area contributed by atoms with Gasteiger partial charge in [0.1, 0.15) is 0 Å². The van der Waals surface area contributed by atoms with Crippen LogP contribution in [0.1, 0.15) is 5.56 Å². The standard InChI is InChI=1S/C17H17ClN4OS2/c1-21(9-12-7-8-24-10-12)15(23)11-25-17-20-19-16(22(17)2)13-3-5-14(18)6-4-13/h3-8,10H,9,11H2,1-2H3. The van der Waals surface area contributed by atoms with Crippen LogP contribution >= 0.6 is 34.7 Å². The van der Waals surface area contributed by atoms with Crippen molar-refractivity contribution < 1.29 is 4.79 Å². The van der Waals surface area contributed by atoms with Crippen LogP contribution in [0.25, 0.3) is 11.4 Å². The molecule has 3 rings (SSSR count). The maximum Gasteiger partial charge on any atom is 0.233 e. The van der Waals surface area contributed by atoms with Crippen molar-refractivity contribution in [2.75, 3.05) is 12.8 Å². The number of hydrogen-bond donors (Lipinski definition) is 0. The van der Waals surface area contributed by atoms with Crippen LogP contribution in [0.15, 0.2) is 46.2 Å². The van der Waals surface area contributed by atoms with Crippen molar-refractivity contribution in [3.63, 3.8) is 0 Å². The van der Waals surface area contributed by atoms with E-state index in [1.807, 2.05) is 54.4 Å². The highest BCUT2D eigenvalue weighted by molar-refractivity contribution is 7.99. The van der Waals surface area contributed by atoms with Gasteiger partial charge in [0.25, 0.3) is 0 Å². The van der Waals surface area contributed by atoms with E-state index in [4.69, 9.17) is 11.6 Å². The van der Waals surface area contributed by atoms with E-state index in [0.29, 0.717) is 22.5 Å². The van der Waals surface area contributed by atoms with Gasteiger partial charge in [0.05, 0.1) is 5.75 Å². The third-order valence-corrected chi connectivity index (χ3v) is 5.68. The second-order valence-corrected chi connectivity index (χ2v) is 7.70. The summed E-state index contributed by atoms with van der Waals surface area (Å²) in [7, 11) is 3.71. The Hall–Kier alpha value is -1.83. The Morgan fingerprint density at radius 1 is 1.28 bits per heavy atom. The van der Waals surface area contributed by atoms with Crippen LogP contribution < -0.4 is 0 Å². The van der Waals surface area contributed by atoms with Gasteiger partial charge < -0.3 is 9.47 Å². The molecule has 2 heterocycles. The van der Waals surface area contributed by atoms with E-state index in [1.54, 1.807) is 16.2 Å². The number of carbonyl (C=O) groups excluding carboxylic acids is 1. The molecule has 0 aliphatic heterocycles. The fourth-order valence-corrected chi connectivity index (χ4v) is 3.91. The van der Waals surface area contributed by atoms with Crippen molar-refractivity contribution in [3.05, 3.63) is 51.7 Å². The SMILES string of the molecule is CN(Cc1ccsc1)C(=O)CSc1nnc(-c2ccc(Cl)cc2)n1C. The van der Waals surface area contributed by atoms with Crippen molar-refractivity contribution in [1.29, 1.82) is 0 Å². The van der Waals surface area contributed by atoms with Crippen molar-refractivity contribution in [1.82, 2.24) is 19.7 Å². The highest BCUT2D eigenvalue weighted by Crippen LogP contribution is 2.24. The summed E-state index contributed by atoms with van der Waals surface area (Å²) in [4.78, 5) is 14.0. The van der Waals surface area contributed by atoms with Gasteiger partial charge in [-0.05, 0) is 46.7 Å². The van der Waals surface area contributed by atoms with Crippen LogP contribution in [0.4, 0.5) is 0 Å². The number of rotatable bonds is 6. The van der Waals surface area contributed by atoms with Gasteiger partial charge in [-0.3, -0.25) is 4.79 Å². The Morgan fingerprint density at radius 2 is 2.04 bits per heavy atom. The molecule has 130 valence electrons. The van der Waals surface area contributed by atoms with E-state index in [-0.39, 0.29) is 5.91 Å². The number of benzene rings is 1. The molecule has 2 aromatic heterocycles. The van der Waals surface area contributed by atoms with Gasteiger partial charge in [-0.1, -0.05) is 23.4 Å². The van der Waals surface area contributed by atoms with E-state index >= 15 is 0 Å². The lowest BCUT2D eigenvalue weighted by molar-refractivity contribution is -0.127. The van der Waals surface area contributed by atoms with E-state index in [9.17, 15) is 4.79 Å². The van der Waals surface area contributed by atoms with Gasteiger partial charge >= 0.3 is 0 Å². The Labute approximate surface area is 159 Å². The molecule has 8 heteroatoms. The van der Waals surface area contributed by atoms with Crippen molar-refractivity contribution >= 4 is 40.6 Å². The Balaban J connectivity index is 1.62. The molecule has 3 aromatic rings. The number of thioether (sulfide) groups is 1. The van der Waals surface area contributed by atoms with Gasteiger partial charge in [-0.25, -0.2) is 0 Å². The van der Waals surface area contributed by atoms with Crippen molar-refractivity contribution in [2.45, 2.75) is 11.7 Å². The molecule has 0 spiro atoms. The van der Waals surface area contributed by atoms with Gasteiger partial charge in [0, 0.05) is 31.2 Å². The summed E-state index contributed by atoms with van der Waals surface area (Å²) in [6, 6.07) is 9.48. The summed E-state index contributed by atoms with van der Waals surface area (Å²) in [5.41, 5.74) is 2.08. The molecular weight excluding hydrogens is 376 g/mol. The maximum atomic E-state index is 12.3. The largest absolute Gasteiger partial charge is 0.341 e. The molecule has 1 aromatic carbocycles. The van der Waals surface area contributed by atoms with Gasteiger partial charge in [0.2, 0.25) is 5.91 Å². The number of thiophene rings is 1. The Kier molecular flexibility index (Phi) is 5.78. The number of halogens is 1. The molecule has 0 atom stereocenters. The molecular formula is C17H17ClN4OS2. The summed E-state index contributed by atoms with van der Waals surface area (Å²) in [5, 5.41) is 13.9. The third kappa shape index (κ3) is 4.42. The van der Waals surface area contributed by atoms with Crippen LogP contribution in [0.5, 0.6) is 0 Å².